The number of ketones is 1. The minimum Gasteiger partial charge on any atom is -0.303 e. The zero-order valence-corrected chi connectivity index (χ0v) is 16.5. The second-order valence-electron chi connectivity index (χ2n) is 6.92. The SMILES string of the molecule is Cc1cc(C)c(C(=O)/C=C/C(C)C(CC=O)c2ccc(Cl)cc2)c(C)c1. The molecule has 0 radical (unpaired) electrons. The van der Waals surface area contributed by atoms with Crippen LogP contribution in [-0.2, 0) is 4.79 Å². The quantitative estimate of drug-likeness (QED) is 0.340. The molecule has 0 aliphatic rings. The number of benzene rings is 2. The van der Waals surface area contributed by atoms with Crippen LogP contribution in [0.4, 0.5) is 0 Å². The van der Waals surface area contributed by atoms with E-state index in [1.165, 1.54) is 0 Å². The van der Waals surface area contributed by atoms with Crippen LogP contribution in [0.1, 0.15) is 51.9 Å². The van der Waals surface area contributed by atoms with Crippen molar-refractivity contribution in [2.24, 2.45) is 5.92 Å². The minimum atomic E-state index is 0.00723. The maximum absolute atomic E-state index is 12.7. The van der Waals surface area contributed by atoms with Crippen molar-refractivity contribution in [2.75, 3.05) is 0 Å². The Balaban J connectivity index is 2.23. The van der Waals surface area contributed by atoms with Crippen LogP contribution in [0.2, 0.25) is 5.02 Å². The number of aldehydes is 1. The third-order valence-electron chi connectivity index (χ3n) is 4.76. The van der Waals surface area contributed by atoms with E-state index in [1.807, 2.05) is 70.2 Å². The van der Waals surface area contributed by atoms with Gasteiger partial charge in [0.2, 0.25) is 0 Å². The molecule has 3 heteroatoms. The van der Waals surface area contributed by atoms with Crippen LogP contribution in [0.15, 0.2) is 48.6 Å². The van der Waals surface area contributed by atoms with Gasteiger partial charge in [-0.15, -0.1) is 0 Å². The Morgan fingerprint density at radius 3 is 2.19 bits per heavy atom. The van der Waals surface area contributed by atoms with E-state index in [0.29, 0.717) is 11.4 Å². The minimum absolute atomic E-state index is 0.00723. The van der Waals surface area contributed by atoms with Crippen molar-refractivity contribution in [3.63, 3.8) is 0 Å². The third-order valence-corrected chi connectivity index (χ3v) is 5.01. The summed E-state index contributed by atoms with van der Waals surface area (Å²) < 4.78 is 0. The molecule has 0 N–H and O–H groups in total. The van der Waals surface area contributed by atoms with Crippen molar-refractivity contribution in [2.45, 2.75) is 40.0 Å². The van der Waals surface area contributed by atoms with Crippen LogP contribution in [0.3, 0.4) is 0 Å². The van der Waals surface area contributed by atoms with Crippen molar-refractivity contribution in [1.29, 1.82) is 0 Å². The number of aryl methyl sites for hydroxylation is 3. The summed E-state index contributed by atoms with van der Waals surface area (Å²) in [7, 11) is 0. The van der Waals surface area contributed by atoms with Crippen molar-refractivity contribution in [1.82, 2.24) is 0 Å². The third kappa shape index (κ3) is 4.92. The van der Waals surface area contributed by atoms with Gasteiger partial charge in [0, 0.05) is 17.0 Å². The molecule has 2 unspecified atom stereocenters. The second kappa shape index (κ2) is 8.95. The zero-order valence-electron chi connectivity index (χ0n) is 15.8. The summed E-state index contributed by atoms with van der Waals surface area (Å²) in [5.74, 6) is 0.0817. The number of hydrogen-bond donors (Lipinski definition) is 0. The lowest BCUT2D eigenvalue weighted by Crippen LogP contribution is -2.10. The molecule has 0 aliphatic carbocycles. The van der Waals surface area contributed by atoms with E-state index in [0.717, 1.165) is 34.1 Å². The van der Waals surface area contributed by atoms with Crippen molar-refractivity contribution in [3.8, 4) is 0 Å². The van der Waals surface area contributed by atoms with E-state index in [4.69, 9.17) is 11.6 Å². The van der Waals surface area contributed by atoms with Gasteiger partial charge in [0.1, 0.15) is 6.29 Å². The summed E-state index contributed by atoms with van der Waals surface area (Å²) in [5, 5.41) is 0.669. The number of allylic oxidation sites excluding steroid dienone is 2. The fourth-order valence-corrected chi connectivity index (χ4v) is 3.62. The van der Waals surface area contributed by atoms with Crippen LogP contribution in [0.5, 0.6) is 0 Å². The Kier molecular flexibility index (Phi) is 6.93. The summed E-state index contributed by atoms with van der Waals surface area (Å²) in [4.78, 5) is 23.8. The van der Waals surface area contributed by atoms with Crippen molar-refractivity contribution in [3.05, 3.63) is 81.4 Å². The maximum Gasteiger partial charge on any atom is 0.186 e. The van der Waals surface area contributed by atoms with Gasteiger partial charge >= 0.3 is 0 Å². The molecule has 0 fully saturated rings. The summed E-state index contributed by atoms with van der Waals surface area (Å²) in [6.45, 7) is 7.99. The molecule has 2 rings (SSSR count). The van der Waals surface area contributed by atoms with Crippen LogP contribution in [0.25, 0.3) is 0 Å². The van der Waals surface area contributed by atoms with Gasteiger partial charge in [-0.25, -0.2) is 0 Å². The first-order valence-corrected chi connectivity index (χ1v) is 9.20. The number of rotatable bonds is 7. The monoisotopic (exact) mass is 368 g/mol. The molecule has 2 atom stereocenters. The molecule has 2 aromatic carbocycles. The first-order valence-electron chi connectivity index (χ1n) is 8.83. The summed E-state index contributed by atoms with van der Waals surface area (Å²) in [6.07, 6.45) is 4.89. The Morgan fingerprint density at radius 2 is 1.65 bits per heavy atom. The smallest absolute Gasteiger partial charge is 0.186 e. The highest BCUT2D eigenvalue weighted by atomic mass is 35.5. The predicted octanol–water partition coefficient (Wildman–Crippen LogP) is 6.01. The van der Waals surface area contributed by atoms with Gasteiger partial charge < -0.3 is 4.79 Å². The highest BCUT2D eigenvalue weighted by Crippen LogP contribution is 2.29. The molecule has 0 heterocycles. The fourth-order valence-electron chi connectivity index (χ4n) is 3.49. The number of halogens is 1. The van der Waals surface area contributed by atoms with Gasteiger partial charge in [-0.05, 0) is 67.5 Å². The standard InChI is InChI=1S/C23H25ClO2/c1-15-13-17(3)23(18(4)14-15)22(26)10-5-16(2)21(11-12-25)19-6-8-20(24)9-7-19/h5-10,12-14,16,21H,11H2,1-4H3/b10-5+. The average Bonchev–Trinajstić information content (AvgIpc) is 2.57. The van der Waals surface area contributed by atoms with E-state index in [-0.39, 0.29) is 17.6 Å². The molecule has 0 aromatic heterocycles. The van der Waals surface area contributed by atoms with Crippen molar-refractivity contribution >= 4 is 23.7 Å². The van der Waals surface area contributed by atoms with E-state index >= 15 is 0 Å². The van der Waals surface area contributed by atoms with Gasteiger partial charge in [-0.1, -0.05) is 54.4 Å². The Hall–Kier alpha value is -2.19. The number of hydrogen-bond acceptors (Lipinski definition) is 2. The molecule has 0 amide bonds. The zero-order chi connectivity index (χ0) is 19.3. The maximum atomic E-state index is 12.7. The Labute approximate surface area is 160 Å². The normalized spacial score (nSPS) is 13.6. The lowest BCUT2D eigenvalue weighted by Gasteiger charge is -2.20. The molecule has 0 aliphatic heterocycles. The van der Waals surface area contributed by atoms with E-state index in [9.17, 15) is 9.59 Å². The molecule has 0 saturated carbocycles. The molecule has 26 heavy (non-hydrogen) atoms. The lowest BCUT2D eigenvalue weighted by atomic mass is 9.84. The molecule has 0 saturated heterocycles. The first kappa shape index (κ1) is 20.1. The second-order valence-corrected chi connectivity index (χ2v) is 7.35. The topological polar surface area (TPSA) is 34.1 Å². The summed E-state index contributed by atoms with van der Waals surface area (Å²) in [6, 6.07) is 11.6. The van der Waals surface area contributed by atoms with E-state index in [1.54, 1.807) is 6.08 Å². The number of carbonyl (C=O) groups is 2. The largest absolute Gasteiger partial charge is 0.303 e. The van der Waals surface area contributed by atoms with Gasteiger partial charge in [-0.2, -0.15) is 0 Å². The van der Waals surface area contributed by atoms with Gasteiger partial charge in [0.15, 0.2) is 5.78 Å². The molecule has 2 aromatic rings. The predicted molar refractivity (Wildman–Crippen MR) is 108 cm³/mol. The molecule has 2 nitrogen and oxygen atoms in total. The van der Waals surface area contributed by atoms with E-state index in [2.05, 4.69) is 0 Å². The molecular formula is C23H25ClO2. The fraction of sp³-hybridized carbons (Fsp3) is 0.304. The Bertz CT molecular complexity index is 796. The molecule has 136 valence electrons. The van der Waals surface area contributed by atoms with Crippen LogP contribution in [-0.4, -0.2) is 12.1 Å². The molecular weight excluding hydrogens is 344 g/mol. The van der Waals surface area contributed by atoms with Crippen LogP contribution < -0.4 is 0 Å². The van der Waals surface area contributed by atoms with E-state index < -0.39 is 0 Å². The summed E-state index contributed by atoms with van der Waals surface area (Å²) >= 11 is 5.96. The van der Waals surface area contributed by atoms with Gasteiger partial charge in [0.25, 0.3) is 0 Å². The molecule has 0 spiro atoms. The number of carbonyl (C=O) groups excluding carboxylic acids is 2. The van der Waals surface area contributed by atoms with Gasteiger partial charge in [0.05, 0.1) is 0 Å². The summed E-state index contributed by atoms with van der Waals surface area (Å²) in [5.41, 5.74) is 4.95. The van der Waals surface area contributed by atoms with Gasteiger partial charge in [-0.3, -0.25) is 4.79 Å². The molecule has 0 bridgehead atoms. The lowest BCUT2D eigenvalue weighted by molar-refractivity contribution is -0.108. The average molecular weight is 369 g/mol. The van der Waals surface area contributed by atoms with Crippen LogP contribution in [0, 0.1) is 26.7 Å². The first-order chi connectivity index (χ1) is 12.3. The Morgan fingerprint density at radius 1 is 1.08 bits per heavy atom. The highest BCUT2D eigenvalue weighted by molar-refractivity contribution is 6.30. The van der Waals surface area contributed by atoms with Crippen molar-refractivity contribution < 1.29 is 9.59 Å². The van der Waals surface area contributed by atoms with Crippen LogP contribution >= 0.6 is 11.6 Å². The highest BCUT2D eigenvalue weighted by Gasteiger charge is 2.18.